The molecule has 0 spiro atoms. The highest BCUT2D eigenvalue weighted by atomic mass is 19.1. The van der Waals surface area contributed by atoms with Gasteiger partial charge in [0.25, 0.3) is 5.91 Å². The molecule has 2 saturated heterocycles. The molecule has 4 amide bonds. The number of benzene rings is 1. The summed E-state index contributed by atoms with van der Waals surface area (Å²) in [7, 11) is 0. The summed E-state index contributed by atoms with van der Waals surface area (Å²) < 4.78 is 13.2. The third-order valence-electron chi connectivity index (χ3n) is 5.20. The fraction of sp³-hybridized carbons (Fsp3) is 0.526. The van der Waals surface area contributed by atoms with Crippen molar-refractivity contribution in [3.8, 4) is 0 Å². The molecule has 0 radical (unpaired) electrons. The molecule has 26 heavy (non-hydrogen) atoms. The second-order valence-electron chi connectivity index (χ2n) is 7.10. The Labute approximate surface area is 152 Å². The minimum atomic E-state index is -1.29. The lowest BCUT2D eigenvalue weighted by Crippen LogP contribution is -2.45. The highest BCUT2D eigenvalue weighted by Crippen LogP contribution is 2.29. The number of rotatable bonds is 3. The summed E-state index contributed by atoms with van der Waals surface area (Å²) in [6, 6.07) is 4.83. The first-order valence-electron chi connectivity index (χ1n) is 9.10. The van der Waals surface area contributed by atoms with Crippen molar-refractivity contribution in [1.29, 1.82) is 0 Å². The predicted octanol–water partition coefficient (Wildman–Crippen LogP) is 2.39. The molecule has 3 rings (SSSR count). The zero-order chi connectivity index (χ0) is 18.7. The first kappa shape index (κ1) is 18.4. The van der Waals surface area contributed by atoms with Crippen molar-refractivity contribution in [2.45, 2.75) is 44.6 Å². The molecule has 2 aliphatic heterocycles. The van der Waals surface area contributed by atoms with Gasteiger partial charge in [-0.1, -0.05) is 31.4 Å². The molecule has 6 nitrogen and oxygen atoms in total. The summed E-state index contributed by atoms with van der Waals surface area (Å²) in [6.45, 7) is 2.64. The number of urea groups is 1. The molecule has 1 atom stereocenters. The molecule has 0 aliphatic carbocycles. The molecule has 2 heterocycles. The number of imide groups is 1. The number of hydrogen-bond donors (Lipinski definition) is 1. The highest BCUT2D eigenvalue weighted by molar-refractivity contribution is 6.09. The molecule has 7 heteroatoms. The van der Waals surface area contributed by atoms with Gasteiger partial charge in [0.2, 0.25) is 5.91 Å². The Morgan fingerprint density at radius 3 is 2.27 bits per heavy atom. The van der Waals surface area contributed by atoms with Crippen LogP contribution in [0.4, 0.5) is 9.18 Å². The normalized spacial score (nSPS) is 24.2. The van der Waals surface area contributed by atoms with E-state index < -0.39 is 23.3 Å². The van der Waals surface area contributed by atoms with Gasteiger partial charge in [-0.2, -0.15) is 0 Å². The largest absolute Gasteiger partial charge is 0.341 e. The molecule has 0 saturated carbocycles. The summed E-state index contributed by atoms with van der Waals surface area (Å²) in [5, 5.41) is 2.64. The van der Waals surface area contributed by atoms with Crippen LogP contribution in [-0.4, -0.2) is 47.3 Å². The quantitative estimate of drug-likeness (QED) is 0.841. The van der Waals surface area contributed by atoms with Crippen LogP contribution in [0.1, 0.15) is 44.6 Å². The van der Waals surface area contributed by atoms with Gasteiger partial charge in [0.1, 0.15) is 17.9 Å². The van der Waals surface area contributed by atoms with Gasteiger partial charge in [0.05, 0.1) is 0 Å². The highest BCUT2D eigenvalue weighted by Gasteiger charge is 2.49. The van der Waals surface area contributed by atoms with E-state index in [9.17, 15) is 18.8 Å². The zero-order valence-corrected chi connectivity index (χ0v) is 15.0. The van der Waals surface area contributed by atoms with Crippen LogP contribution in [0.3, 0.4) is 0 Å². The molecule has 2 fully saturated rings. The van der Waals surface area contributed by atoms with Gasteiger partial charge in [-0.3, -0.25) is 14.5 Å². The number of nitrogens with zero attached hydrogens (tertiary/aromatic N) is 2. The number of hydrogen-bond acceptors (Lipinski definition) is 3. The molecule has 2 aliphatic rings. The average molecular weight is 361 g/mol. The van der Waals surface area contributed by atoms with Crippen LogP contribution in [0.5, 0.6) is 0 Å². The van der Waals surface area contributed by atoms with Gasteiger partial charge in [0.15, 0.2) is 0 Å². The Kier molecular flexibility index (Phi) is 5.25. The summed E-state index contributed by atoms with van der Waals surface area (Å²) in [5.74, 6) is -1.12. The number of carbonyl (C=O) groups is 3. The molecule has 1 unspecified atom stereocenters. The van der Waals surface area contributed by atoms with Crippen molar-refractivity contribution in [3.05, 3.63) is 35.6 Å². The molecule has 1 aromatic rings. The molecule has 0 aromatic heterocycles. The second kappa shape index (κ2) is 7.43. The van der Waals surface area contributed by atoms with E-state index in [4.69, 9.17) is 0 Å². The van der Waals surface area contributed by atoms with Crippen molar-refractivity contribution in [3.63, 3.8) is 0 Å². The monoisotopic (exact) mass is 361 g/mol. The Balaban J connectivity index is 1.72. The van der Waals surface area contributed by atoms with E-state index in [1.54, 1.807) is 11.8 Å². The van der Waals surface area contributed by atoms with E-state index in [-0.39, 0.29) is 12.5 Å². The van der Waals surface area contributed by atoms with Gasteiger partial charge in [-0.15, -0.1) is 0 Å². The van der Waals surface area contributed by atoms with Crippen LogP contribution in [0.15, 0.2) is 24.3 Å². The zero-order valence-electron chi connectivity index (χ0n) is 15.0. The van der Waals surface area contributed by atoms with Crippen molar-refractivity contribution in [2.75, 3.05) is 19.6 Å². The fourth-order valence-corrected chi connectivity index (χ4v) is 3.55. The van der Waals surface area contributed by atoms with Gasteiger partial charge < -0.3 is 10.2 Å². The van der Waals surface area contributed by atoms with Gasteiger partial charge in [0, 0.05) is 13.1 Å². The topological polar surface area (TPSA) is 69.7 Å². The van der Waals surface area contributed by atoms with Crippen LogP contribution in [0.25, 0.3) is 0 Å². The molecular formula is C19H24FN3O3. The molecular weight excluding hydrogens is 337 g/mol. The van der Waals surface area contributed by atoms with Crippen molar-refractivity contribution in [1.82, 2.24) is 15.1 Å². The van der Waals surface area contributed by atoms with Crippen LogP contribution >= 0.6 is 0 Å². The third-order valence-corrected chi connectivity index (χ3v) is 5.20. The van der Waals surface area contributed by atoms with E-state index in [1.165, 1.54) is 30.7 Å². The van der Waals surface area contributed by atoms with Crippen LogP contribution in [0.2, 0.25) is 0 Å². The SMILES string of the molecule is CC1(c2ccc(F)cc2)NC(=O)N(CC(=O)N2CCCCCCC2)C1=O. The Morgan fingerprint density at radius 2 is 1.65 bits per heavy atom. The van der Waals surface area contributed by atoms with Crippen LogP contribution in [0, 0.1) is 5.82 Å². The van der Waals surface area contributed by atoms with E-state index in [1.807, 2.05) is 0 Å². The minimum absolute atomic E-state index is 0.209. The summed E-state index contributed by atoms with van der Waals surface area (Å²) >= 11 is 0. The van der Waals surface area contributed by atoms with E-state index in [0.717, 1.165) is 30.6 Å². The first-order valence-corrected chi connectivity index (χ1v) is 9.10. The predicted molar refractivity (Wildman–Crippen MR) is 93.7 cm³/mol. The lowest BCUT2D eigenvalue weighted by atomic mass is 9.92. The minimum Gasteiger partial charge on any atom is -0.341 e. The Bertz CT molecular complexity index is 698. The van der Waals surface area contributed by atoms with Gasteiger partial charge in [-0.25, -0.2) is 9.18 Å². The van der Waals surface area contributed by atoms with E-state index in [0.29, 0.717) is 18.7 Å². The lowest BCUT2D eigenvalue weighted by molar-refractivity contribution is -0.139. The number of amides is 4. The van der Waals surface area contributed by atoms with E-state index in [2.05, 4.69) is 5.32 Å². The van der Waals surface area contributed by atoms with Gasteiger partial charge >= 0.3 is 6.03 Å². The average Bonchev–Trinajstić information content (AvgIpc) is 2.79. The molecule has 0 bridgehead atoms. The number of nitrogens with one attached hydrogen (secondary N) is 1. The van der Waals surface area contributed by atoms with Crippen molar-refractivity contribution >= 4 is 17.8 Å². The maximum atomic E-state index is 13.2. The number of carbonyl (C=O) groups excluding carboxylic acids is 3. The lowest BCUT2D eigenvalue weighted by Gasteiger charge is -2.27. The van der Waals surface area contributed by atoms with E-state index >= 15 is 0 Å². The molecule has 1 aromatic carbocycles. The second-order valence-corrected chi connectivity index (χ2v) is 7.10. The maximum Gasteiger partial charge on any atom is 0.325 e. The summed E-state index contributed by atoms with van der Waals surface area (Å²) in [6.07, 6.45) is 5.26. The summed E-state index contributed by atoms with van der Waals surface area (Å²) in [4.78, 5) is 40.5. The van der Waals surface area contributed by atoms with Gasteiger partial charge in [-0.05, 0) is 37.5 Å². The van der Waals surface area contributed by atoms with Crippen molar-refractivity contribution < 1.29 is 18.8 Å². The number of likely N-dealkylation sites (tertiary alicyclic amines) is 1. The third kappa shape index (κ3) is 3.57. The van der Waals surface area contributed by atoms with Crippen molar-refractivity contribution in [2.24, 2.45) is 0 Å². The molecule has 140 valence electrons. The smallest absolute Gasteiger partial charge is 0.325 e. The summed E-state index contributed by atoms with van der Waals surface area (Å²) in [5.41, 5.74) is -0.806. The fourth-order valence-electron chi connectivity index (χ4n) is 3.55. The maximum absolute atomic E-state index is 13.2. The molecule has 1 N–H and O–H groups in total. The van der Waals surface area contributed by atoms with Crippen LogP contribution in [-0.2, 0) is 15.1 Å². The number of halogens is 1. The first-order chi connectivity index (χ1) is 12.4. The Hall–Kier alpha value is -2.44. The van der Waals surface area contributed by atoms with Crippen LogP contribution < -0.4 is 5.32 Å². The standard InChI is InChI=1S/C19H24FN3O3/c1-19(14-7-9-15(20)10-8-14)17(25)23(18(26)21-19)13-16(24)22-11-5-3-2-4-6-12-22/h7-10H,2-6,11-13H2,1H3,(H,21,26). The Morgan fingerprint density at radius 1 is 1.08 bits per heavy atom.